The van der Waals surface area contributed by atoms with Crippen molar-refractivity contribution in [3.63, 3.8) is 0 Å². The fourth-order valence-corrected chi connectivity index (χ4v) is 6.36. The van der Waals surface area contributed by atoms with Gasteiger partial charge in [0.25, 0.3) is 5.56 Å². The first-order valence-corrected chi connectivity index (χ1v) is 19.4. The van der Waals surface area contributed by atoms with Crippen molar-refractivity contribution in [2.45, 2.75) is 89.6 Å². The Morgan fingerprint density at radius 3 is 2.18 bits per heavy atom. The van der Waals surface area contributed by atoms with Gasteiger partial charge in [-0.2, -0.15) is 0 Å². The van der Waals surface area contributed by atoms with Gasteiger partial charge in [-0.3, -0.25) is 23.9 Å². The lowest BCUT2D eigenvalue weighted by Gasteiger charge is -2.35. The van der Waals surface area contributed by atoms with Gasteiger partial charge in [-0.1, -0.05) is 32.9 Å². The lowest BCUT2D eigenvalue weighted by atomic mass is 9.85. The summed E-state index contributed by atoms with van der Waals surface area (Å²) in [6.45, 7) is 14.7. The number of nitrogens with zero attached hydrogens (tertiary/aromatic N) is 3. The molecule has 3 aliphatic rings. The van der Waals surface area contributed by atoms with Crippen molar-refractivity contribution < 1.29 is 23.3 Å². The van der Waals surface area contributed by atoms with Crippen LogP contribution in [0.1, 0.15) is 65.0 Å². The van der Waals surface area contributed by atoms with Crippen LogP contribution >= 0.6 is 0 Å². The standard InChI is InChI=1S/C20H30N4O2.C12H14N2O2.C4H7NO2S.C2H4.2C2H2/c1-13-7-5-9-16(21-13)23-17(20(2,3)4)19(26)24-12-6-8-15(24)18(25)22-14-10-11-14;1-14(2)11-7-9-8(12(15)13-11)5-4-6-10(9)16-3;6-3-5-8(7)4-1-2-4;3*1-2/h5,7,9,14-15,17H,6,8,10-12H2,1-4H3,(H,21,23)(H,22,25);4-7H,1-3H3,(H,13,15);3-4H,1-2H2,(H,5,6);1-2H2;2*1-2H/t15-,17?;;;;;/m0...../s1. The molecule has 2 aromatic heterocycles. The van der Waals surface area contributed by atoms with Gasteiger partial charge in [0.15, 0.2) is 0 Å². The Morgan fingerprint density at radius 1 is 1.04 bits per heavy atom. The minimum atomic E-state index is -1.08. The van der Waals surface area contributed by atoms with Crippen LogP contribution in [0.15, 0.2) is 60.4 Å². The van der Waals surface area contributed by atoms with Crippen LogP contribution in [-0.4, -0.2) is 88.4 Å². The molecule has 3 aromatic rings. The number of aromatic nitrogens is 2. The summed E-state index contributed by atoms with van der Waals surface area (Å²) in [5.74, 6) is 2.15. The fourth-order valence-electron chi connectivity index (χ4n) is 5.51. The van der Waals surface area contributed by atoms with Crippen molar-refractivity contribution in [2.75, 3.05) is 38.0 Å². The summed E-state index contributed by atoms with van der Waals surface area (Å²) in [5.41, 5.74) is 0.501. The zero-order chi connectivity index (χ0) is 42.6. The van der Waals surface area contributed by atoms with Gasteiger partial charge < -0.3 is 30.2 Å². The molecule has 3 fully saturated rings. The number of aryl methyl sites for hydroxylation is 1. The summed E-state index contributed by atoms with van der Waals surface area (Å²) < 4.78 is 18.0. The molecular formula is C42H59N7O6S. The summed E-state index contributed by atoms with van der Waals surface area (Å²) in [5, 5.41) is 8.09. The van der Waals surface area contributed by atoms with E-state index in [1.165, 1.54) is 0 Å². The molecule has 1 aliphatic heterocycles. The van der Waals surface area contributed by atoms with E-state index in [1.807, 2.05) is 83.1 Å². The molecule has 2 unspecified atom stereocenters. The Labute approximate surface area is 335 Å². The van der Waals surface area contributed by atoms with Crippen molar-refractivity contribution in [2.24, 2.45) is 5.41 Å². The molecule has 0 spiro atoms. The number of terminal acetylenes is 2. The van der Waals surface area contributed by atoms with Crippen LogP contribution < -0.4 is 30.6 Å². The Hall–Kier alpha value is -5.60. The number of H-pyrrole nitrogens is 1. The molecule has 2 saturated carbocycles. The SMILES string of the molecule is C#C.C#C.C=C.COc1cccc2c(=O)[nH]c(N(C)C)cc12.Cc1cccc(NC(C(=O)N2CCC[C@H]2C(=O)NC2CC2)C(C)(C)C)n1.O=CNS(=O)C1CC1. The van der Waals surface area contributed by atoms with Crippen LogP contribution in [0, 0.1) is 38.0 Å². The average Bonchev–Trinajstić information content (AvgIpc) is 4.14. The summed E-state index contributed by atoms with van der Waals surface area (Å²) in [7, 11) is 4.29. The van der Waals surface area contributed by atoms with Crippen molar-refractivity contribution in [3.05, 3.63) is 71.7 Å². The molecular weight excluding hydrogens is 731 g/mol. The van der Waals surface area contributed by atoms with Gasteiger partial charge in [-0.25, -0.2) is 9.19 Å². The van der Waals surface area contributed by atoms with Crippen LogP contribution in [0.25, 0.3) is 10.8 Å². The van der Waals surface area contributed by atoms with Gasteiger partial charge in [0.1, 0.15) is 40.5 Å². The van der Waals surface area contributed by atoms with Crippen molar-refractivity contribution in [3.8, 4) is 31.4 Å². The molecule has 0 bridgehead atoms. The molecule has 2 aliphatic carbocycles. The second-order valence-corrected chi connectivity index (χ2v) is 15.6. The molecule has 3 atom stereocenters. The smallest absolute Gasteiger partial charge is 0.257 e. The zero-order valence-corrected chi connectivity index (χ0v) is 34.6. The third kappa shape index (κ3) is 14.9. The number of pyridine rings is 2. The maximum atomic E-state index is 13.4. The van der Waals surface area contributed by atoms with Gasteiger partial charge in [0.2, 0.25) is 18.2 Å². The number of amides is 3. The van der Waals surface area contributed by atoms with Crippen LogP contribution in [0.4, 0.5) is 11.6 Å². The number of likely N-dealkylation sites (tertiary alicyclic amines) is 1. The van der Waals surface area contributed by atoms with E-state index < -0.39 is 17.0 Å². The highest BCUT2D eigenvalue weighted by molar-refractivity contribution is 7.84. The van der Waals surface area contributed by atoms with E-state index >= 15 is 0 Å². The van der Waals surface area contributed by atoms with Crippen LogP contribution in [-0.2, 0) is 25.4 Å². The normalized spacial score (nSPS) is 16.2. The van der Waals surface area contributed by atoms with Gasteiger partial charge in [0, 0.05) is 37.8 Å². The highest BCUT2D eigenvalue weighted by Gasteiger charge is 2.42. The first kappa shape index (κ1) is 48.4. The molecule has 0 radical (unpaired) electrons. The largest absolute Gasteiger partial charge is 0.496 e. The number of anilines is 2. The highest BCUT2D eigenvalue weighted by atomic mass is 32.2. The fraction of sp³-hybridized carbons (Fsp3) is 0.452. The Kier molecular flexibility index (Phi) is 20.8. The zero-order valence-electron chi connectivity index (χ0n) is 33.8. The number of benzene rings is 1. The summed E-state index contributed by atoms with van der Waals surface area (Å²) >= 11 is 0. The molecule has 56 heavy (non-hydrogen) atoms. The highest BCUT2D eigenvalue weighted by Crippen LogP contribution is 2.29. The van der Waals surface area contributed by atoms with Crippen LogP contribution in [0.5, 0.6) is 5.75 Å². The number of carbonyl (C=O) groups excluding carboxylic acids is 3. The Balaban J connectivity index is 0.000000443. The second kappa shape index (κ2) is 24.0. The third-order valence-corrected chi connectivity index (χ3v) is 9.99. The third-order valence-electron chi connectivity index (χ3n) is 8.58. The van der Waals surface area contributed by atoms with Gasteiger partial charge in [0.05, 0.1) is 17.7 Å². The van der Waals surface area contributed by atoms with Crippen molar-refractivity contribution in [1.82, 2.24) is 24.9 Å². The monoisotopic (exact) mass is 789 g/mol. The van der Waals surface area contributed by atoms with E-state index in [2.05, 4.69) is 64.2 Å². The first-order valence-electron chi connectivity index (χ1n) is 18.2. The number of rotatable bonds is 10. The van der Waals surface area contributed by atoms with E-state index in [0.29, 0.717) is 36.0 Å². The van der Waals surface area contributed by atoms with E-state index in [1.54, 1.807) is 18.1 Å². The molecule has 1 aromatic carbocycles. The van der Waals surface area contributed by atoms with E-state index in [0.717, 1.165) is 55.4 Å². The first-order chi connectivity index (χ1) is 26.7. The lowest BCUT2D eigenvalue weighted by Crippen LogP contribution is -2.54. The van der Waals surface area contributed by atoms with Gasteiger partial charge >= 0.3 is 0 Å². The number of carbonyl (C=O) groups is 3. The predicted octanol–water partition coefficient (Wildman–Crippen LogP) is 4.95. The molecule has 304 valence electrons. The molecule has 1 saturated heterocycles. The Morgan fingerprint density at radius 2 is 1.66 bits per heavy atom. The number of nitrogens with one attached hydrogen (secondary N) is 4. The van der Waals surface area contributed by atoms with Crippen molar-refractivity contribution in [1.29, 1.82) is 0 Å². The Bertz CT molecular complexity index is 1840. The van der Waals surface area contributed by atoms with Gasteiger partial charge in [-0.15, -0.1) is 38.9 Å². The molecule has 3 amide bonds. The van der Waals surface area contributed by atoms with E-state index in [4.69, 9.17) is 4.74 Å². The minimum Gasteiger partial charge on any atom is -0.496 e. The lowest BCUT2D eigenvalue weighted by molar-refractivity contribution is -0.140. The summed E-state index contributed by atoms with van der Waals surface area (Å²) in [6.07, 6.45) is 22.2. The number of fused-ring (bicyclic) bond motifs is 1. The summed E-state index contributed by atoms with van der Waals surface area (Å²) in [6, 6.07) is 12.6. The average molecular weight is 790 g/mol. The van der Waals surface area contributed by atoms with Crippen LogP contribution in [0.3, 0.4) is 0 Å². The van der Waals surface area contributed by atoms with Crippen molar-refractivity contribution >= 4 is 51.6 Å². The number of ether oxygens (including phenoxy) is 1. The van der Waals surface area contributed by atoms with E-state index in [9.17, 15) is 23.4 Å². The molecule has 13 nitrogen and oxygen atoms in total. The second-order valence-electron chi connectivity index (χ2n) is 14.1. The number of hydrogen-bond acceptors (Lipinski definition) is 9. The molecule has 4 N–H and O–H groups in total. The minimum absolute atomic E-state index is 0.000287. The number of methoxy groups -OCH3 is 1. The molecule has 14 heteroatoms. The quantitative estimate of drug-likeness (QED) is 0.126. The number of aromatic amines is 1. The maximum Gasteiger partial charge on any atom is 0.257 e. The van der Waals surface area contributed by atoms with E-state index in [-0.39, 0.29) is 34.1 Å². The topological polar surface area (TPSA) is 166 Å². The van der Waals surface area contributed by atoms with Gasteiger partial charge in [-0.05, 0) is 81.2 Å². The summed E-state index contributed by atoms with van der Waals surface area (Å²) in [4.78, 5) is 58.3. The molecule has 6 rings (SSSR count). The maximum absolute atomic E-state index is 13.4. The van der Waals surface area contributed by atoms with Crippen LogP contribution in [0.2, 0.25) is 0 Å². The molecule has 3 heterocycles. The number of hydrogen-bond donors (Lipinski definition) is 4. The predicted molar refractivity (Wildman–Crippen MR) is 229 cm³/mol.